The van der Waals surface area contributed by atoms with Crippen LogP contribution in [0.15, 0.2) is 383 Å². The molecule has 0 radical (unpaired) electrons. The molecule has 17 aromatic rings. The van der Waals surface area contributed by atoms with Crippen molar-refractivity contribution < 1.29 is 100 Å². The third-order valence-electron chi connectivity index (χ3n) is 18.1. The number of hydrogen-bond acceptors (Lipinski definition) is 10. The van der Waals surface area contributed by atoms with E-state index in [0.717, 1.165) is 138 Å². The maximum absolute atomic E-state index is 10.6. The predicted octanol–water partition coefficient (Wildman–Crippen LogP) is 33.4. The van der Waals surface area contributed by atoms with Crippen LogP contribution in [0.3, 0.4) is 0 Å². The summed E-state index contributed by atoms with van der Waals surface area (Å²) in [6.45, 7) is 3.76. The fourth-order valence-corrected chi connectivity index (χ4v) is 12.4. The second kappa shape index (κ2) is 57.7. The third-order valence-corrected chi connectivity index (χ3v) is 18.1. The fourth-order valence-electron chi connectivity index (χ4n) is 12.4. The Morgan fingerprint density at radius 2 is 0.459 bits per heavy atom. The molecule has 0 aliphatic heterocycles. The Morgan fingerprint density at radius 1 is 0.213 bits per heavy atom. The van der Waals surface area contributed by atoms with E-state index in [0.29, 0.717) is 5.56 Å². The molecular weight excluding hydrogens is 2350 g/mol. The average Bonchev–Trinajstić information content (AvgIpc) is 0.802. The molecule has 0 heterocycles. The fraction of sp³-hybridized carbons (Fsp3) is 0.0206. The molecule has 0 spiro atoms. The predicted molar refractivity (Wildman–Crippen MR) is 538 cm³/mol. The number of halogens is 10. The molecule has 0 unspecified atom stereocenters. The van der Waals surface area contributed by atoms with E-state index in [9.17, 15) is 25.5 Å². The van der Waals surface area contributed by atoms with E-state index in [1.54, 1.807) is 49.3 Å². The molecule has 0 aliphatic carbocycles. The number of phenolic OH excluding ortho intramolecular Hbond substituents is 5. The van der Waals surface area contributed by atoms with Gasteiger partial charge in [-0.2, -0.15) is 0 Å². The molecule has 0 saturated carbocycles. The molecule has 0 fully saturated rings. The Bertz CT molecular complexity index is 6150. The van der Waals surface area contributed by atoms with Gasteiger partial charge >= 0.3 is 206 Å². The van der Waals surface area contributed by atoms with Crippen molar-refractivity contribution in [3.05, 3.63) is 397 Å². The van der Waals surface area contributed by atoms with Gasteiger partial charge in [0.05, 0.1) is 28.4 Å². The molecule has 0 amide bonds. The molecule has 0 bridgehead atoms. The molecule has 5 N–H and O–H groups in total. The van der Waals surface area contributed by atoms with Gasteiger partial charge in [0.2, 0.25) is 0 Å². The number of para-hydroxylation sites is 4. The van der Waals surface area contributed by atoms with E-state index in [-0.39, 0.29) is 104 Å². The second-order valence-corrected chi connectivity index (χ2v) is 65.0. The summed E-state index contributed by atoms with van der Waals surface area (Å²) in [4.78, 5) is 22.8. The monoisotopic (exact) mass is 2420 g/mol. The van der Waals surface area contributed by atoms with Crippen LogP contribution in [0.5, 0.6) is 28.7 Å². The number of aryl methyl sites for hydroxylation is 2. The van der Waals surface area contributed by atoms with Crippen LogP contribution in [-0.2, 0) is 74.8 Å². The number of benzene rings is 17. The Hall–Kier alpha value is -5.98. The van der Waals surface area contributed by atoms with Crippen LogP contribution in [0, 0.1) is 13.8 Å². The molecule has 17 rings (SSSR count). The first-order valence-corrected chi connectivity index (χ1v) is 75.5. The minimum absolute atomic E-state index is 0.125. The summed E-state index contributed by atoms with van der Waals surface area (Å²) in [6.07, 6.45) is 8.59. The first kappa shape index (κ1) is 101. The molecule has 122 heavy (non-hydrogen) atoms. The Morgan fingerprint density at radius 3 is 0.803 bits per heavy atom. The quantitative estimate of drug-likeness (QED) is 0.0642. The number of aromatic hydroxyl groups is 5. The van der Waals surface area contributed by atoms with Crippen LogP contribution < -0.4 is 0 Å². The van der Waals surface area contributed by atoms with Crippen molar-refractivity contribution in [3.8, 4) is 39.9 Å². The normalized spacial score (nSPS) is 10.5. The van der Waals surface area contributed by atoms with E-state index in [1.165, 1.54) is 0 Å². The van der Waals surface area contributed by atoms with E-state index in [4.69, 9.17) is 0 Å². The van der Waals surface area contributed by atoms with Gasteiger partial charge in [0.15, 0.2) is 0 Å². The molecule has 608 valence electrons. The summed E-state index contributed by atoms with van der Waals surface area (Å²) in [5.41, 5.74) is 11.6. The number of rotatable bonds is 11. The van der Waals surface area contributed by atoms with Crippen LogP contribution in [0.1, 0.15) is 38.9 Å². The Labute approximate surface area is 819 Å². The minimum atomic E-state index is 0.125. The van der Waals surface area contributed by atoms with Crippen molar-refractivity contribution in [1.82, 2.24) is 0 Å². The van der Waals surface area contributed by atoms with Crippen molar-refractivity contribution in [2.45, 2.75) is 13.8 Å². The van der Waals surface area contributed by atoms with Crippen molar-refractivity contribution in [2.24, 2.45) is 25.0 Å². The summed E-state index contributed by atoms with van der Waals surface area (Å²) in [6, 6.07) is 117. The SMILES string of the molecule is Cc1cccc(C=Nc2cccc3ccccc23)c1O.Cc1cccc(C=Nc2cccc3ccccc23)c1O.Oc1c(C=Nc2cccc3ccccc23)cccc1-c1ccccc1.Oc1ccc2ccccc2c1C=Nc1cccc2ccccc12.Oc1ccccc1C=Nc1cccc2ccccc12.[Br][Ti][Br].[Br][Ti][Br].[Br][Ti][Br].[Br][Ti][Br].[Br][Ti][Br]. The van der Waals surface area contributed by atoms with E-state index >= 15 is 0 Å². The van der Waals surface area contributed by atoms with Crippen molar-refractivity contribution in [2.75, 3.05) is 0 Å². The second-order valence-electron chi connectivity index (χ2n) is 25.6. The molecule has 0 aromatic heterocycles. The summed E-state index contributed by atoms with van der Waals surface area (Å²) >= 11 is 32.5. The van der Waals surface area contributed by atoms with Crippen molar-refractivity contribution >= 4 is 256 Å². The van der Waals surface area contributed by atoms with Crippen LogP contribution in [0.25, 0.3) is 75.8 Å². The Kier molecular flexibility index (Phi) is 47.9. The summed E-state index contributed by atoms with van der Waals surface area (Å²) in [5, 5.41) is 64.0. The van der Waals surface area contributed by atoms with Gasteiger partial charge < -0.3 is 25.5 Å². The van der Waals surface area contributed by atoms with Crippen molar-refractivity contribution in [1.29, 1.82) is 0 Å². The first-order valence-electron chi connectivity index (χ1n) is 36.9. The third kappa shape index (κ3) is 32.1. The van der Waals surface area contributed by atoms with E-state index < -0.39 is 0 Å². The average molecular weight is 2430 g/mol. The van der Waals surface area contributed by atoms with Gasteiger partial charge in [0.1, 0.15) is 28.7 Å². The van der Waals surface area contributed by atoms with E-state index in [1.807, 2.05) is 269 Å². The van der Waals surface area contributed by atoms with Gasteiger partial charge in [-0.3, -0.25) is 25.0 Å². The van der Waals surface area contributed by atoms with Gasteiger partial charge in [-0.05, 0) is 135 Å². The topological polar surface area (TPSA) is 163 Å². The number of aliphatic imine (C=N–C) groups is 5. The number of fused-ring (bicyclic) bond motifs is 6. The zero-order valence-corrected chi connectivity index (χ0v) is 88.9. The molecule has 10 nitrogen and oxygen atoms in total. The molecule has 0 saturated heterocycles. The summed E-state index contributed by atoms with van der Waals surface area (Å²) in [7, 11) is 0. The summed E-state index contributed by atoms with van der Waals surface area (Å²) < 4.78 is 0. The van der Waals surface area contributed by atoms with Gasteiger partial charge in [-0.1, -0.05) is 291 Å². The van der Waals surface area contributed by atoms with Gasteiger partial charge in [0, 0.05) is 91.4 Å². The molecule has 25 heteroatoms. The number of phenols is 5. The number of hydrogen-bond donors (Lipinski definition) is 5. The standard InChI is InChI=1S/C23H17NO.C21H15NO.2C18H15NO.C17H13NO.10BrH.5Ti/c25-23-19(12-6-14-21(23)18-8-2-1-3-9-18)16-24-22-15-7-11-17-10-4-5-13-20(17)22;23-21-13-12-16-7-1-3-9-17(16)19(21)14-22-20-11-5-8-15-6-2-4-10-18(15)20;2*1-13-6-4-9-15(18(13)20)12-19-17-11-5-8-14-7-2-3-10-16(14)17;19-17-11-4-2-7-14(17)12-18-16-10-5-8-13-6-1-3-9-15(13)16;;;;;;;;;;;;;;;/h1-16,25H;1-14,23H;2*2-12,20H,1H3;1-12,19H;10*1H;;;;;/q;;;;;;;;;;;;;;;5*+2/p-10. The van der Waals surface area contributed by atoms with Crippen molar-refractivity contribution in [3.63, 3.8) is 0 Å². The Balaban J connectivity index is 0.000000182. The summed E-state index contributed by atoms with van der Waals surface area (Å²) in [5.74, 6) is 1.31. The van der Waals surface area contributed by atoms with Crippen LogP contribution in [0.2, 0.25) is 0 Å². The van der Waals surface area contributed by atoms with Crippen LogP contribution in [-0.4, -0.2) is 56.6 Å². The van der Waals surface area contributed by atoms with Gasteiger partial charge in [0.25, 0.3) is 0 Å². The maximum atomic E-state index is 10.6. The molecule has 0 atom stereocenters. The van der Waals surface area contributed by atoms with Crippen LogP contribution in [0.4, 0.5) is 28.4 Å². The van der Waals surface area contributed by atoms with Gasteiger partial charge in [-0.15, -0.1) is 0 Å². The zero-order valence-electron chi connectivity index (χ0n) is 65.2. The zero-order chi connectivity index (χ0) is 87.2. The number of nitrogens with zero attached hydrogens (tertiary/aromatic N) is 5. The molecule has 0 aliphatic rings. The van der Waals surface area contributed by atoms with Gasteiger partial charge in [-0.25, -0.2) is 0 Å². The van der Waals surface area contributed by atoms with E-state index in [2.05, 4.69) is 242 Å². The van der Waals surface area contributed by atoms with Crippen LogP contribution >= 0.6 is 132 Å². The molecular formula is C97H75Br10N5O5Ti5. The molecule has 17 aromatic carbocycles. The first-order chi connectivity index (χ1) is 59.6.